The molecule has 1 aliphatic rings. The van der Waals surface area contributed by atoms with Crippen LogP contribution in [-0.2, 0) is 20.7 Å². The number of rotatable bonds is 13. The third kappa shape index (κ3) is 9.90. The highest BCUT2D eigenvalue weighted by Crippen LogP contribution is 2.36. The summed E-state index contributed by atoms with van der Waals surface area (Å²) in [5.74, 6) is -0.996. The van der Waals surface area contributed by atoms with E-state index in [1.54, 1.807) is 6.08 Å². The van der Waals surface area contributed by atoms with Crippen molar-refractivity contribution in [1.29, 1.82) is 0 Å². The van der Waals surface area contributed by atoms with Crippen LogP contribution in [-0.4, -0.2) is 59.2 Å². The number of carbonyl (C=O) groups excluding carboxylic acids is 2. The summed E-state index contributed by atoms with van der Waals surface area (Å²) in [7, 11) is 1.27. The third-order valence-electron chi connectivity index (χ3n) is 6.05. The Morgan fingerprint density at radius 3 is 2.67 bits per heavy atom. The number of methoxy groups -OCH3 is 1. The molecule has 1 aromatic carbocycles. The highest BCUT2D eigenvalue weighted by molar-refractivity contribution is 5.81. The molecule has 1 aromatic rings. The maximum Gasteiger partial charge on any atom is 0.325 e. The first-order chi connectivity index (χ1) is 15.9. The van der Waals surface area contributed by atoms with Gasteiger partial charge in [-0.15, -0.1) is 0 Å². The van der Waals surface area contributed by atoms with Gasteiger partial charge in [0.25, 0.3) is 0 Å². The number of hydrogen-bond donors (Lipinski definition) is 4. The van der Waals surface area contributed by atoms with Gasteiger partial charge in [0, 0.05) is 18.8 Å². The van der Waals surface area contributed by atoms with Crippen LogP contribution in [0.4, 0.5) is 0 Å². The molecule has 7 heteroatoms. The molecule has 33 heavy (non-hydrogen) atoms. The van der Waals surface area contributed by atoms with E-state index in [9.17, 15) is 24.9 Å². The lowest BCUT2D eigenvalue weighted by atomic mass is 9.89. The number of aliphatic hydroxyl groups is 3. The maximum absolute atomic E-state index is 11.6. The Morgan fingerprint density at radius 2 is 1.94 bits per heavy atom. The number of esters is 1. The van der Waals surface area contributed by atoms with E-state index in [0.717, 1.165) is 6.42 Å². The number of aryl methyl sites for hydroxylation is 1. The third-order valence-corrected chi connectivity index (χ3v) is 6.05. The van der Waals surface area contributed by atoms with Gasteiger partial charge < -0.3 is 25.4 Å². The topological polar surface area (TPSA) is 116 Å². The van der Waals surface area contributed by atoms with E-state index < -0.39 is 24.3 Å². The van der Waals surface area contributed by atoms with Crippen molar-refractivity contribution in [3.05, 3.63) is 60.2 Å². The Hall–Kier alpha value is -2.48. The summed E-state index contributed by atoms with van der Waals surface area (Å²) < 4.78 is 4.47. The number of hydrogen-bond acceptors (Lipinski definition) is 6. The molecule has 0 aromatic heterocycles. The predicted molar refractivity (Wildman–Crippen MR) is 126 cm³/mol. The molecular formula is C26H37NO6. The number of benzene rings is 1. The van der Waals surface area contributed by atoms with Crippen molar-refractivity contribution in [1.82, 2.24) is 5.32 Å². The molecule has 0 aliphatic heterocycles. The molecule has 4 N–H and O–H groups in total. The normalized spacial score (nSPS) is 23.8. The second-order valence-corrected chi connectivity index (χ2v) is 8.54. The van der Waals surface area contributed by atoms with Crippen LogP contribution in [0.15, 0.2) is 54.6 Å². The SMILES string of the molecule is COC(=O)CNC(=O)CCCC=CCC1C(O)CC(O)C1C=CC(O)CCc1ccccc1. The van der Waals surface area contributed by atoms with Gasteiger partial charge in [0.15, 0.2) is 0 Å². The predicted octanol–water partition coefficient (Wildman–Crippen LogP) is 2.30. The average Bonchev–Trinajstić information content (AvgIpc) is 3.09. The Kier molecular flexibility index (Phi) is 11.9. The highest BCUT2D eigenvalue weighted by atomic mass is 16.5. The number of amides is 1. The molecule has 5 unspecified atom stereocenters. The van der Waals surface area contributed by atoms with E-state index in [4.69, 9.17) is 0 Å². The second kappa shape index (κ2) is 14.6. The van der Waals surface area contributed by atoms with Crippen molar-refractivity contribution in [2.24, 2.45) is 11.8 Å². The molecule has 1 saturated carbocycles. The smallest absolute Gasteiger partial charge is 0.325 e. The number of ether oxygens (including phenoxy) is 1. The molecule has 0 saturated heterocycles. The summed E-state index contributed by atoms with van der Waals surface area (Å²) >= 11 is 0. The summed E-state index contributed by atoms with van der Waals surface area (Å²) in [6, 6.07) is 9.98. The molecular weight excluding hydrogens is 422 g/mol. The van der Waals surface area contributed by atoms with Crippen LogP contribution in [0, 0.1) is 11.8 Å². The molecule has 0 spiro atoms. The van der Waals surface area contributed by atoms with Crippen molar-refractivity contribution < 1.29 is 29.6 Å². The zero-order valence-corrected chi connectivity index (χ0v) is 19.3. The lowest BCUT2D eigenvalue weighted by Crippen LogP contribution is -2.29. The molecule has 2 rings (SSSR count). The van der Waals surface area contributed by atoms with Crippen LogP contribution < -0.4 is 5.32 Å². The number of carbonyl (C=O) groups is 2. The molecule has 1 amide bonds. The zero-order chi connectivity index (χ0) is 24.1. The van der Waals surface area contributed by atoms with Gasteiger partial charge >= 0.3 is 5.97 Å². The number of allylic oxidation sites excluding steroid dienone is 2. The molecule has 182 valence electrons. The fraction of sp³-hybridized carbons (Fsp3) is 0.538. The summed E-state index contributed by atoms with van der Waals surface area (Å²) in [5, 5.41) is 33.5. The Balaban J connectivity index is 1.73. The minimum Gasteiger partial charge on any atom is -0.468 e. The van der Waals surface area contributed by atoms with E-state index in [0.29, 0.717) is 38.5 Å². The van der Waals surface area contributed by atoms with Crippen LogP contribution in [0.25, 0.3) is 0 Å². The monoisotopic (exact) mass is 459 g/mol. The second-order valence-electron chi connectivity index (χ2n) is 8.54. The summed E-state index contributed by atoms with van der Waals surface area (Å²) in [6.07, 6.45) is 9.69. The van der Waals surface area contributed by atoms with Crippen LogP contribution in [0.5, 0.6) is 0 Å². The molecule has 1 aliphatic carbocycles. The fourth-order valence-corrected chi connectivity index (χ4v) is 4.10. The average molecular weight is 460 g/mol. The number of unbranched alkanes of at least 4 members (excludes halogenated alkanes) is 1. The molecule has 1 fully saturated rings. The van der Waals surface area contributed by atoms with Crippen LogP contribution >= 0.6 is 0 Å². The summed E-state index contributed by atoms with van der Waals surface area (Å²) in [5.41, 5.74) is 1.17. The first kappa shape index (κ1) is 26.8. The van der Waals surface area contributed by atoms with Crippen molar-refractivity contribution in [3.8, 4) is 0 Å². The molecule has 5 atom stereocenters. The van der Waals surface area contributed by atoms with Gasteiger partial charge in [-0.1, -0.05) is 54.6 Å². The van der Waals surface area contributed by atoms with Crippen LogP contribution in [0.1, 0.15) is 44.1 Å². The lowest BCUT2D eigenvalue weighted by Gasteiger charge is -2.19. The molecule has 7 nitrogen and oxygen atoms in total. The standard InChI is InChI=1S/C26H37NO6/c1-33-26(32)18-27-25(31)12-8-3-2-7-11-21-22(24(30)17-23(21)29)16-15-20(28)14-13-19-9-5-4-6-10-19/h2,4-7,9-10,15-16,20-24,28-30H,3,8,11-14,17-18H2,1H3,(H,27,31). The van der Waals surface area contributed by atoms with Gasteiger partial charge in [0.05, 0.1) is 25.4 Å². The van der Waals surface area contributed by atoms with E-state index in [1.165, 1.54) is 12.7 Å². The van der Waals surface area contributed by atoms with Crippen molar-refractivity contribution in [2.75, 3.05) is 13.7 Å². The Morgan fingerprint density at radius 1 is 1.18 bits per heavy atom. The first-order valence-corrected chi connectivity index (χ1v) is 11.7. The maximum atomic E-state index is 11.6. The van der Waals surface area contributed by atoms with E-state index >= 15 is 0 Å². The van der Waals surface area contributed by atoms with Gasteiger partial charge in [-0.3, -0.25) is 9.59 Å². The van der Waals surface area contributed by atoms with Crippen molar-refractivity contribution in [3.63, 3.8) is 0 Å². The van der Waals surface area contributed by atoms with Gasteiger partial charge in [-0.25, -0.2) is 0 Å². The van der Waals surface area contributed by atoms with Crippen LogP contribution in [0.3, 0.4) is 0 Å². The quantitative estimate of drug-likeness (QED) is 0.204. The molecule has 0 heterocycles. The Labute approximate surface area is 196 Å². The summed E-state index contributed by atoms with van der Waals surface area (Å²) in [6.45, 7) is -0.122. The minimum atomic E-state index is -0.630. The van der Waals surface area contributed by atoms with Crippen molar-refractivity contribution in [2.45, 2.75) is 63.3 Å². The lowest BCUT2D eigenvalue weighted by molar-refractivity contribution is -0.141. The van der Waals surface area contributed by atoms with Crippen molar-refractivity contribution >= 4 is 11.9 Å². The number of nitrogens with one attached hydrogen (secondary N) is 1. The molecule has 0 bridgehead atoms. The number of aliphatic hydroxyl groups excluding tert-OH is 3. The summed E-state index contributed by atoms with van der Waals surface area (Å²) in [4.78, 5) is 22.7. The fourth-order valence-electron chi connectivity index (χ4n) is 4.10. The highest BCUT2D eigenvalue weighted by Gasteiger charge is 2.39. The molecule has 0 radical (unpaired) electrons. The van der Waals surface area contributed by atoms with E-state index in [2.05, 4.69) is 10.1 Å². The van der Waals surface area contributed by atoms with E-state index in [1.807, 2.05) is 48.6 Å². The van der Waals surface area contributed by atoms with Crippen LogP contribution in [0.2, 0.25) is 0 Å². The minimum absolute atomic E-state index is 0.114. The zero-order valence-electron chi connectivity index (χ0n) is 19.3. The van der Waals surface area contributed by atoms with Gasteiger partial charge in [-0.2, -0.15) is 0 Å². The Bertz CT molecular complexity index is 778. The van der Waals surface area contributed by atoms with E-state index in [-0.39, 0.29) is 24.3 Å². The van der Waals surface area contributed by atoms with Gasteiger partial charge in [0.1, 0.15) is 6.54 Å². The van der Waals surface area contributed by atoms with Gasteiger partial charge in [-0.05, 0) is 43.6 Å². The largest absolute Gasteiger partial charge is 0.468 e. The van der Waals surface area contributed by atoms with Gasteiger partial charge in [0.2, 0.25) is 5.91 Å². The first-order valence-electron chi connectivity index (χ1n) is 11.7.